The highest BCUT2D eigenvalue weighted by Crippen LogP contribution is 2.39. The average molecular weight is 274 g/mol. The van der Waals surface area contributed by atoms with Crippen molar-refractivity contribution >= 4 is 17.2 Å². The number of nitrogens with one attached hydrogen (secondary N) is 1. The number of aryl methyl sites for hydroxylation is 1. The molecule has 3 heterocycles. The Morgan fingerprint density at radius 1 is 1.32 bits per heavy atom. The number of hydrogen-bond acceptors (Lipinski definition) is 4. The molecular weight excluding hydrogens is 256 g/mol. The van der Waals surface area contributed by atoms with E-state index in [1.54, 1.807) is 0 Å². The molecule has 2 aliphatic rings. The van der Waals surface area contributed by atoms with Gasteiger partial charge in [0.25, 0.3) is 0 Å². The standard InChI is InChI=1S/C14H18N4S/c15-9-3-6-18(7-4-9)14-11-1-2-12-10(5-8-19-12)13(11)16-17-14/h5,8-9H,1-4,6-7,15H2,(H,16,17). The number of hydrogen-bond donors (Lipinski definition) is 2. The van der Waals surface area contributed by atoms with E-state index < -0.39 is 0 Å². The van der Waals surface area contributed by atoms with Gasteiger partial charge in [0.2, 0.25) is 0 Å². The second-order valence-corrected chi connectivity index (χ2v) is 6.48. The van der Waals surface area contributed by atoms with Crippen LogP contribution in [-0.4, -0.2) is 29.3 Å². The fraction of sp³-hybridized carbons (Fsp3) is 0.500. The third kappa shape index (κ3) is 1.80. The van der Waals surface area contributed by atoms with E-state index in [0.29, 0.717) is 6.04 Å². The first-order valence-electron chi connectivity index (χ1n) is 6.97. The lowest BCUT2D eigenvalue weighted by molar-refractivity contribution is 0.497. The maximum Gasteiger partial charge on any atom is 0.154 e. The third-order valence-electron chi connectivity index (χ3n) is 4.30. The molecule has 0 saturated carbocycles. The highest BCUT2D eigenvalue weighted by atomic mass is 32.1. The van der Waals surface area contributed by atoms with E-state index in [0.717, 1.165) is 38.8 Å². The Morgan fingerprint density at radius 2 is 2.16 bits per heavy atom. The van der Waals surface area contributed by atoms with Crippen molar-refractivity contribution in [2.24, 2.45) is 5.73 Å². The first-order chi connectivity index (χ1) is 9.33. The summed E-state index contributed by atoms with van der Waals surface area (Å²) < 4.78 is 0. The molecule has 0 unspecified atom stereocenters. The van der Waals surface area contributed by atoms with Crippen LogP contribution < -0.4 is 10.6 Å². The molecule has 5 heteroatoms. The number of piperidine rings is 1. The number of nitrogens with zero attached hydrogens (tertiary/aromatic N) is 2. The van der Waals surface area contributed by atoms with Crippen molar-refractivity contribution in [3.63, 3.8) is 0 Å². The minimum absolute atomic E-state index is 0.370. The first-order valence-corrected chi connectivity index (χ1v) is 7.85. The maximum absolute atomic E-state index is 5.98. The number of H-pyrrole nitrogens is 1. The highest BCUT2D eigenvalue weighted by molar-refractivity contribution is 7.10. The minimum Gasteiger partial charge on any atom is -0.355 e. The van der Waals surface area contributed by atoms with Gasteiger partial charge in [0.05, 0.1) is 5.69 Å². The Labute approximate surface area is 116 Å². The molecule has 0 radical (unpaired) electrons. The van der Waals surface area contributed by atoms with Crippen LogP contribution in [0.1, 0.15) is 23.3 Å². The molecule has 1 saturated heterocycles. The van der Waals surface area contributed by atoms with Crippen LogP contribution in [0.15, 0.2) is 11.4 Å². The summed E-state index contributed by atoms with van der Waals surface area (Å²) in [6.07, 6.45) is 4.41. The lowest BCUT2D eigenvalue weighted by Gasteiger charge is -2.31. The van der Waals surface area contributed by atoms with Crippen LogP contribution in [0.3, 0.4) is 0 Å². The molecule has 19 heavy (non-hydrogen) atoms. The van der Waals surface area contributed by atoms with E-state index in [9.17, 15) is 0 Å². The predicted octanol–water partition coefficient (Wildman–Crippen LogP) is 2.16. The molecular formula is C14H18N4S. The summed E-state index contributed by atoms with van der Waals surface area (Å²) in [6, 6.07) is 2.58. The monoisotopic (exact) mass is 274 g/mol. The van der Waals surface area contributed by atoms with Crippen molar-refractivity contribution in [1.82, 2.24) is 10.2 Å². The molecule has 100 valence electrons. The van der Waals surface area contributed by atoms with E-state index in [2.05, 4.69) is 26.5 Å². The molecule has 0 aromatic carbocycles. The lowest BCUT2D eigenvalue weighted by atomic mass is 9.95. The van der Waals surface area contributed by atoms with Gasteiger partial charge in [-0.1, -0.05) is 0 Å². The normalized spacial score (nSPS) is 19.3. The van der Waals surface area contributed by atoms with Gasteiger partial charge >= 0.3 is 0 Å². The largest absolute Gasteiger partial charge is 0.355 e. The van der Waals surface area contributed by atoms with Crippen molar-refractivity contribution < 1.29 is 0 Å². The number of fused-ring (bicyclic) bond motifs is 3. The number of rotatable bonds is 1. The predicted molar refractivity (Wildman–Crippen MR) is 78.7 cm³/mol. The van der Waals surface area contributed by atoms with Crippen molar-refractivity contribution in [1.29, 1.82) is 0 Å². The number of thiophene rings is 1. The summed E-state index contributed by atoms with van der Waals surface area (Å²) in [5.74, 6) is 1.17. The number of aromatic amines is 1. The van der Waals surface area contributed by atoms with Gasteiger partial charge in [-0.2, -0.15) is 5.10 Å². The fourth-order valence-electron chi connectivity index (χ4n) is 3.18. The molecule has 2 aromatic heterocycles. The van der Waals surface area contributed by atoms with E-state index in [4.69, 9.17) is 5.73 Å². The van der Waals surface area contributed by atoms with Gasteiger partial charge < -0.3 is 10.6 Å². The summed E-state index contributed by atoms with van der Waals surface area (Å²) in [5.41, 5.74) is 9.99. The average Bonchev–Trinajstić information content (AvgIpc) is 3.04. The fourth-order valence-corrected chi connectivity index (χ4v) is 4.07. The van der Waals surface area contributed by atoms with Gasteiger partial charge in [-0.3, -0.25) is 5.10 Å². The Kier molecular flexibility index (Phi) is 2.63. The number of anilines is 1. The zero-order valence-electron chi connectivity index (χ0n) is 10.9. The zero-order valence-corrected chi connectivity index (χ0v) is 11.7. The van der Waals surface area contributed by atoms with Crippen LogP contribution in [0.5, 0.6) is 0 Å². The molecule has 0 bridgehead atoms. The molecule has 1 fully saturated rings. The molecule has 2 aromatic rings. The molecule has 3 N–H and O–H groups in total. The summed E-state index contributed by atoms with van der Waals surface area (Å²) in [7, 11) is 0. The molecule has 0 spiro atoms. The van der Waals surface area contributed by atoms with E-state index >= 15 is 0 Å². The molecule has 0 amide bonds. The van der Waals surface area contributed by atoms with Gasteiger partial charge in [-0.05, 0) is 37.1 Å². The summed E-state index contributed by atoms with van der Waals surface area (Å²) >= 11 is 1.86. The van der Waals surface area contributed by atoms with Crippen LogP contribution in [-0.2, 0) is 12.8 Å². The van der Waals surface area contributed by atoms with Crippen LogP contribution in [0.25, 0.3) is 11.3 Å². The quantitative estimate of drug-likeness (QED) is 0.838. The summed E-state index contributed by atoms with van der Waals surface area (Å²) in [4.78, 5) is 3.89. The van der Waals surface area contributed by atoms with Gasteiger partial charge in [0.15, 0.2) is 5.82 Å². The molecule has 1 aliphatic heterocycles. The smallest absolute Gasteiger partial charge is 0.154 e. The van der Waals surface area contributed by atoms with Gasteiger partial charge in [0.1, 0.15) is 0 Å². The van der Waals surface area contributed by atoms with Crippen LogP contribution in [0, 0.1) is 0 Å². The second-order valence-electron chi connectivity index (χ2n) is 5.48. The Balaban J connectivity index is 1.70. The van der Waals surface area contributed by atoms with Crippen LogP contribution in [0.4, 0.5) is 5.82 Å². The second kappa shape index (κ2) is 4.35. The number of nitrogens with two attached hydrogens (primary N) is 1. The highest BCUT2D eigenvalue weighted by Gasteiger charge is 2.27. The molecule has 4 rings (SSSR count). The Hall–Kier alpha value is -1.33. The molecule has 4 nitrogen and oxygen atoms in total. The van der Waals surface area contributed by atoms with Crippen molar-refractivity contribution in [2.75, 3.05) is 18.0 Å². The van der Waals surface area contributed by atoms with E-state index in [1.807, 2.05) is 11.3 Å². The number of aromatic nitrogens is 2. The van der Waals surface area contributed by atoms with Gasteiger partial charge in [0, 0.05) is 35.1 Å². The topological polar surface area (TPSA) is 57.9 Å². The van der Waals surface area contributed by atoms with E-state index in [1.165, 1.54) is 27.5 Å². The Morgan fingerprint density at radius 3 is 3.00 bits per heavy atom. The SMILES string of the molecule is NC1CCN(c2n[nH]c3c2CCc2sccc2-3)CC1. The lowest BCUT2D eigenvalue weighted by Crippen LogP contribution is -2.40. The van der Waals surface area contributed by atoms with Crippen LogP contribution in [0.2, 0.25) is 0 Å². The molecule has 1 aliphatic carbocycles. The van der Waals surface area contributed by atoms with Gasteiger partial charge in [-0.15, -0.1) is 11.3 Å². The van der Waals surface area contributed by atoms with Crippen molar-refractivity contribution in [3.8, 4) is 11.3 Å². The molecule has 0 atom stereocenters. The van der Waals surface area contributed by atoms with Crippen molar-refractivity contribution in [3.05, 3.63) is 21.9 Å². The first kappa shape index (κ1) is 11.5. The summed E-state index contributed by atoms with van der Waals surface area (Å²) in [5, 5.41) is 10.0. The van der Waals surface area contributed by atoms with Crippen molar-refractivity contribution in [2.45, 2.75) is 31.7 Å². The van der Waals surface area contributed by atoms with Gasteiger partial charge in [-0.25, -0.2) is 0 Å². The Bertz CT molecular complexity index is 592. The summed E-state index contributed by atoms with van der Waals surface area (Å²) in [6.45, 7) is 2.07. The maximum atomic E-state index is 5.98. The third-order valence-corrected chi connectivity index (χ3v) is 5.28. The van der Waals surface area contributed by atoms with Crippen LogP contribution >= 0.6 is 11.3 Å². The van der Waals surface area contributed by atoms with E-state index in [-0.39, 0.29) is 0 Å². The minimum atomic E-state index is 0.370. The zero-order chi connectivity index (χ0) is 12.8.